The van der Waals surface area contributed by atoms with Crippen LogP contribution >= 0.6 is 0 Å². The molecule has 0 aliphatic heterocycles. The third-order valence-electron chi connectivity index (χ3n) is 5.24. The minimum absolute atomic E-state index is 0.133. The molecule has 0 aliphatic rings. The summed E-state index contributed by atoms with van der Waals surface area (Å²) in [4.78, 5) is 17.8. The highest BCUT2D eigenvalue weighted by atomic mass is 32.2. The summed E-state index contributed by atoms with van der Waals surface area (Å²) in [6, 6.07) is 21.7. The van der Waals surface area contributed by atoms with Crippen LogP contribution in [0.1, 0.15) is 22.6 Å². The van der Waals surface area contributed by atoms with E-state index in [0.29, 0.717) is 23.1 Å². The first-order valence-electron chi connectivity index (χ1n) is 9.82. The number of benzene rings is 3. The number of anilines is 1. The first-order chi connectivity index (χ1) is 14.8. The van der Waals surface area contributed by atoms with Gasteiger partial charge in [0.05, 0.1) is 10.8 Å². The average Bonchev–Trinajstić information content (AvgIpc) is 3.15. The van der Waals surface area contributed by atoms with Crippen LogP contribution in [0.25, 0.3) is 11.1 Å². The molecule has 0 saturated heterocycles. The molecule has 158 valence electrons. The van der Waals surface area contributed by atoms with Crippen LogP contribution in [0, 0.1) is 6.92 Å². The lowest BCUT2D eigenvalue weighted by Gasteiger charge is -2.18. The van der Waals surface area contributed by atoms with E-state index in [2.05, 4.69) is 10.3 Å². The van der Waals surface area contributed by atoms with Gasteiger partial charge in [0.2, 0.25) is 5.91 Å². The van der Waals surface area contributed by atoms with Gasteiger partial charge in [0.25, 0.3) is 0 Å². The Morgan fingerprint density at radius 1 is 1.00 bits per heavy atom. The molecule has 1 N–H and O–H groups in total. The second-order valence-electron chi connectivity index (χ2n) is 7.50. The van der Waals surface area contributed by atoms with Crippen molar-refractivity contribution in [3.63, 3.8) is 0 Å². The summed E-state index contributed by atoms with van der Waals surface area (Å²) in [5, 5.41) is 2.78. The van der Waals surface area contributed by atoms with Gasteiger partial charge in [-0.3, -0.25) is 10.1 Å². The fourth-order valence-electron chi connectivity index (χ4n) is 3.49. The second kappa shape index (κ2) is 8.35. The molecule has 0 radical (unpaired) electrons. The summed E-state index contributed by atoms with van der Waals surface area (Å²) >= 11 is 0. The molecule has 0 unspecified atom stereocenters. The maximum Gasteiger partial charge on any atom is 0.302 e. The predicted molar refractivity (Wildman–Crippen MR) is 120 cm³/mol. The molecule has 0 spiro atoms. The van der Waals surface area contributed by atoms with E-state index in [4.69, 9.17) is 4.42 Å². The smallest absolute Gasteiger partial charge is 0.302 e. The van der Waals surface area contributed by atoms with Crippen LogP contribution in [-0.4, -0.2) is 25.6 Å². The summed E-state index contributed by atoms with van der Waals surface area (Å²) in [5.41, 5.74) is 4.07. The van der Waals surface area contributed by atoms with Crippen molar-refractivity contribution in [1.29, 1.82) is 0 Å². The highest BCUT2D eigenvalue weighted by Gasteiger charge is 2.24. The van der Waals surface area contributed by atoms with E-state index in [1.807, 2.05) is 49.4 Å². The molecule has 1 atom stereocenters. The molecule has 1 heterocycles. The van der Waals surface area contributed by atoms with Crippen molar-refractivity contribution in [3.05, 3.63) is 89.5 Å². The molecule has 4 aromatic rings. The molecular weight excluding hydrogens is 412 g/mol. The Morgan fingerprint density at radius 3 is 2.35 bits per heavy atom. The molecule has 3 aromatic carbocycles. The lowest BCUT2D eigenvalue weighted by Crippen LogP contribution is -2.23. The Labute approximate surface area is 180 Å². The second-order valence-corrected chi connectivity index (χ2v) is 9.52. The SMILES string of the molecule is Cc1ccccc1C[C@H](C(=O)Nc1nc2ccccc2o1)c1ccc(S(C)(=O)=O)cc1. The third-order valence-corrected chi connectivity index (χ3v) is 6.36. The van der Waals surface area contributed by atoms with Crippen molar-refractivity contribution < 1.29 is 17.6 Å². The number of sulfone groups is 1. The summed E-state index contributed by atoms with van der Waals surface area (Å²) in [5.74, 6) is -0.827. The zero-order valence-electron chi connectivity index (χ0n) is 17.2. The lowest BCUT2D eigenvalue weighted by atomic mass is 9.89. The number of aromatic nitrogens is 1. The molecule has 0 fully saturated rings. The number of hydrogen-bond donors (Lipinski definition) is 1. The minimum Gasteiger partial charge on any atom is -0.423 e. The summed E-state index contributed by atoms with van der Waals surface area (Å²) in [7, 11) is -3.32. The topological polar surface area (TPSA) is 89.3 Å². The van der Waals surface area contributed by atoms with E-state index in [1.54, 1.807) is 18.2 Å². The number of aryl methyl sites for hydroxylation is 1. The molecule has 0 aliphatic carbocycles. The number of carbonyl (C=O) groups excluding carboxylic acids is 1. The van der Waals surface area contributed by atoms with Gasteiger partial charge in [-0.15, -0.1) is 0 Å². The van der Waals surface area contributed by atoms with Crippen LogP contribution in [0.3, 0.4) is 0 Å². The van der Waals surface area contributed by atoms with Gasteiger partial charge in [0.15, 0.2) is 15.4 Å². The molecule has 4 rings (SSSR count). The van der Waals surface area contributed by atoms with Crippen LogP contribution in [0.15, 0.2) is 82.1 Å². The highest BCUT2D eigenvalue weighted by Crippen LogP contribution is 2.27. The van der Waals surface area contributed by atoms with E-state index >= 15 is 0 Å². The van der Waals surface area contributed by atoms with E-state index in [0.717, 1.165) is 17.4 Å². The molecule has 31 heavy (non-hydrogen) atoms. The Morgan fingerprint density at radius 2 is 1.68 bits per heavy atom. The van der Waals surface area contributed by atoms with Crippen molar-refractivity contribution in [2.45, 2.75) is 24.2 Å². The maximum atomic E-state index is 13.3. The fraction of sp³-hybridized carbons (Fsp3) is 0.167. The standard InChI is InChI=1S/C24H22N2O4S/c1-16-7-3-4-8-18(16)15-20(17-11-13-19(14-12-17)31(2,28)29)23(27)26-24-25-21-9-5-6-10-22(21)30-24/h3-14,20H,15H2,1-2H3,(H,25,26,27)/t20-/m0/s1. The minimum atomic E-state index is -3.32. The highest BCUT2D eigenvalue weighted by molar-refractivity contribution is 7.90. The molecule has 6 nitrogen and oxygen atoms in total. The number of rotatable bonds is 6. The van der Waals surface area contributed by atoms with Gasteiger partial charge in [-0.05, 0) is 54.3 Å². The van der Waals surface area contributed by atoms with Crippen LogP contribution < -0.4 is 5.32 Å². The lowest BCUT2D eigenvalue weighted by molar-refractivity contribution is -0.117. The summed E-state index contributed by atoms with van der Waals surface area (Å²) in [6.07, 6.45) is 1.61. The zero-order chi connectivity index (χ0) is 22.0. The predicted octanol–water partition coefficient (Wildman–Crippen LogP) is 4.50. The molecule has 1 aromatic heterocycles. The monoisotopic (exact) mass is 434 g/mol. The number of fused-ring (bicyclic) bond motifs is 1. The van der Waals surface area contributed by atoms with Gasteiger partial charge in [-0.25, -0.2) is 8.42 Å². The molecular formula is C24H22N2O4S. The number of hydrogen-bond acceptors (Lipinski definition) is 5. The van der Waals surface area contributed by atoms with Crippen molar-refractivity contribution in [2.75, 3.05) is 11.6 Å². The summed E-state index contributed by atoms with van der Waals surface area (Å²) < 4.78 is 29.3. The third kappa shape index (κ3) is 4.67. The quantitative estimate of drug-likeness (QED) is 0.482. The zero-order valence-corrected chi connectivity index (χ0v) is 18.0. The van der Waals surface area contributed by atoms with E-state index < -0.39 is 15.8 Å². The number of para-hydroxylation sites is 2. The van der Waals surface area contributed by atoms with Gasteiger partial charge in [0, 0.05) is 6.26 Å². The maximum absolute atomic E-state index is 13.3. The van der Waals surface area contributed by atoms with E-state index in [9.17, 15) is 13.2 Å². The Hall–Kier alpha value is -3.45. The first-order valence-corrected chi connectivity index (χ1v) is 11.7. The number of nitrogens with zero attached hydrogens (tertiary/aromatic N) is 1. The Balaban J connectivity index is 1.67. The largest absolute Gasteiger partial charge is 0.423 e. The number of oxazole rings is 1. The van der Waals surface area contributed by atoms with Gasteiger partial charge in [0.1, 0.15) is 5.52 Å². The van der Waals surface area contributed by atoms with Crippen LogP contribution in [0.5, 0.6) is 0 Å². The normalized spacial score (nSPS) is 12.6. The van der Waals surface area contributed by atoms with Crippen molar-refractivity contribution >= 4 is 32.9 Å². The number of carbonyl (C=O) groups is 1. The van der Waals surface area contributed by atoms with Crippen LogP contribution in [0.4, 0.5) is 6.01 Å². The Kier molecular flexibility index (Phi) is 5.61. The van der Waals surface area contributed by atoms with Gasteiger partial charge in [-0.2, -0.15) is 4.98 Å². The average molecular weight is 435 g/mol. The van der Waals surface area contributed by atoms with Crippen molar-refractivity contribution in [2.24, 2.45) is 0 Å². The van der Waals surface area contributed by atoms with Crippen LogP contribution in [0.2, 0.25) is 0 Å². The summed E-state index contributed by atoms with van der Waals surface area (Å²) in [6.45, 7) is 2.00. The molecule has 7 heteroatoms. The fourth-order valence-corrected chi connectivity index (χ4v) is 4.12. The Bertz CT molecular complexity index is 1310. The number of nitrogens with one attached hydrogen (secondary N) is 1. The van der Waals surface area contributed by atoms with E-state index in [1.165, 1.54) is 12.1 Å². The first kappa shape index (κ1) is 20.8. The molecule has 0 saturated carbocycles. The van der Waals surface area contributed by atoms with E-state index in [-0.39, 0.29) is 16.8 Å². The van der Waals surface area contributed by atoms with Crippen molar-refractivity contribution in [1.82, 2.24) is 4.98 Å². The van der Waals surface area contributed by atoms with Gasteiger partial charge < -0.3 is 4.42 Å². The number of amides is 1. The molecule has 1 amide bonds. The van der Waals surface area contributed by atoms with Crippen molar-refractivity contribution in [3.8, 4) is 0 Å². The van der Waals surface area contributed by atoms with Gasteiger partial charge >= 0.3 is 6.01 Å². The molecule has 0 bridgehead atoms. The van der Waals surface area contributed by atoms with Gasteiger partial charge in [-0.1, -0.05) is 48.5 Å². The van der Waals surface area contributed by atoms with Crippen LogP contribution in [-0.2, 0) is 21.1 Å².